The Labute approximate surface area is 103 Å². The second-order valence-electron chi connectivity index (χ2n) is 5.20. The van der Waals surface area contributed by atoms with Gasteiger partial charge in [0.25, 0.3) is 0 Å². The van der Waals surface area contributed by atoms with Crippen molar-refractivity contribution >= 4 is 11.6 Å². The molecule has 0 amide bonds. The van der Waals surface area contributed by atoms with Gasteiger partial charge in [0.15, 0.2) is 0 Å². The van der Waals surface area contributed by atoms with E-state index < -0.39 is 0 Å². The first-order valence-electron chi connectivity index (χ1n) is 6.09. The third kappa shape index (κ3) is 2.41. The molecule has 0 bridgehead atoms. The molecule has 1 saturated carbocycles. The highest BCUT2D eigenvalue weighted by atomic mass is 35.5. The first-order valence-corrected chi connectivity index (χ1v) is 6.47. The summed E-state index contributed by atoms with van der Waals surface area (Å²) in [6, 6.07) is 6.68. The molecule has 1 nitrogen and oxygen atoms in total. The van der Waals surface area contributed by atoms with E-state index in [-0.39, 0.29) is 0 Å². The van der Waals surface area contributed by atoms with Crippen LogP contribution in [0.5, 0.6) is 0 Å². The van der Waals surface area contributed by atoms with E-state index in [1.165, 1.54) is 18.4 Å². The van der Waals surface area contributed by atoms with Crippen LogP contribution in [-0.4, -0.2) is 6.04 Å². The summed E-state index contributed by atoms with van der Waals surface area (Å²) in [6.07, 6.45) is 3.59. The van der Waals surface area contributed by atoms with Crippen LogP contribution in [0, 0.1) is 12.8 Å². The Bertz CT molecular complexity index is 375. The van der Waals surface area contributed by atoms with E-state index in [1.807, 2.05) is 6.92 Å². The van der Waals surface area contributed by atoms with Crippen molar-refractivity contribution in [1.82, 2.24) is 0 Å². The molecule has 88 valence electrons. The van der Waals surface area contributed by atoms with Gasteiger partial charge in [-0.1, -0.05) is 30.7 Å². The van der Waals surface area contributed by atoms with Crippen LogP contribution in [0.2, 0.25) is 5.02 Å². The highest BCUT2D eigenvalue weighted by molar-refractivity contribution is 6.31. The maximum atomic E-state index is 6.22. The molecule has 3 atom stereocenters. The number of benzene rings is 1. The molecule has 0 radical (unpaired) electrons. The van der Waals surface area contributed by atoms with Gasteiger partial charge in [0.2, 0.25) is 0 Å². The number of halogens is 1. The van der Waals surface area contributed by atoms with E-state index in [0.29, 0.717) is 12.0 Å². The zero-order chi connectivity index (χ0) is 11.7. The van der Waals surface area contributed by atoms with E-state index in [9.17, 15) is 0 Å². The normalized spacial score (nSPS) is 30.4. The smallest absolute Gasteiger partial charge is 0.0438 e. The Kier molecular flexibility index (Phi) is 3.56. The number of rotatable bonds is 1. The van der Waals surface area contributed by atoms with E-state index in [1.54, 1.807) is 0 Å². The maximum absolute atomic E-state index is 6.22. The summed E-state index contributed by atoms with van der Waals surface area (Å²) in [6.45, 7) is 4.35. The van der Waals surface area contributed by atoms with Crippen molar-refractivity contribution in [2.75, 3.05) is 0 Å². The standard InChI is InChI=1S/C14H20ClN/c1-9-3-6-14(16)12(7-9)11-5-4-10(2)13(15)8-11/h4-5,8-9,12,14H,3,6-7,16H2,1-2H3. The predicted molar refractivity (Wildman–Crippen MR) is 69.9 cm³/mol. The van der Waals surface area contributed by atoms with Gasteiger partial charge in [0, 0.05) is 11.1 Å². The lowest BCUT2D eigenvalue weighted by atomic mass is 9.76. The van der Waals surface area contributed by atoms with E-state index in [2.05, 4.69) is 25.1 Å². The minimum Gasteiger partial charge on any atom is -0.327 e. The highest BCUT2D eigenvalue weighted by Gasteiger charge is 2.27. The Hall–Kier alpha value is -0.530. The third-order valence-electron chi connectivity index (χ3n) is 3.79. The molecule has 16 heavy (non-hydrogen) atoms. The van der Waals surface area contributed by atoms with Gasteiger partial charge in [-0.15, -0.1) is 0 Å². The van der Waals surface area contributed by atoms with Crippen molar-refractivity contribution in [3.8, 4) is 0 Å². The second kappa shape index (κ2) is 4.77. The van der Waals surface area contributed by atoms with Crippen molar-refractivity contribution in [3.05, 3.63) is 34.3 Å². The number of hydrogen-bond acceptors (Lipinski definition) is 1. The Morgan fingerprint density at radius 2 is 2.06 bits per heavy atom. The molecule has 0 aromatic heterocycles. The van der Waals surface area contributed by atoms with Gasteiger partial charge >= 0.3 is 0 Å². The second-order valence-corrected chi connectivity index (χ2v) is 5.60. The van der Waals surface area contributed by atoms with E-state index in [0.717, 1.165) is 22.9 Å². The van der Waals surface area contributed by atoms with Crippen LogP contribution in [0.4, 0.5) is 0 Å². The molecule has 0 saturated heterocycles. The van der Waals surface area contributed by atoms with Crippen LogP contribution in [0.3, 0.4) is 0 Å². The molecular formula is C14H20ClN. The molecule has 0 spiro atoms. The van der Waals surface area contributed by atoms with Crippen molar-refractivity contribution in [3.63, 3.8) is 0 Å². The quantitative estimate of drug-likeness (QED) is 0.788. The van der Waals surface area contributed by atoms with Crippen molar-refractivity contribution in [2.24, 2.45) is 11.7 Å². The van der Waals surface area contributed by atoms with Gasteiger partial charge in [-0.2, -0.15) is 0 Å². The van der Waals surface area contributed by atoms with Crippen LogP contribution in [0.25, 0.3) is 0 Å². The van der Waals surface area contributed by atoms with Gasteiger partial charge in [0.05, 0.1) is 0 Å². The zero-order valence-corrected chi connectivity index (χ0v) is 10.8. The molecule has 0 heterocycles. The topological polar surface area (TPSA) is 26.0 Å². The molecule has 2 rings (SSSR count). The minimum absolute atomic E-state index is 0.301. The molecule has 2 N–H and O–H groups in total. The molecule has 1 aromatic rings. The SMILES string of the molecule is Cc1ccc(C2CC(C)CCC2N)cc1Cl. The van der Waals surface area contributed by atoms with Crippen LogP contribution in [0.1, 0.15) is 43.2 Å². The van der Waals surface area contributed by atoms with Gasteiger partial charge in [-0.25, -0.2) is 0 Å². The Morgan fingerprint density at radius 1 is 1.31 bits per heavy atom. The summed E-state index contributed by atoms with van der Waals surface area (Å²) in [5.74, 6) is 1.27. The Morgan fingerprint density at radius 3 is 2.75 bits per heavy atom. The average molecular weight is 238 g/mol. The summed E-state index contributed by atoms with van der Waals surface area (Å²) in [4.78, 5) is 0. The molecule has 3 unspecified atom stereocenters. The van der Waals surface area contributed by atoms with E-state index in [4.69, 9.17) is 17.3 Å². The molecule has 2 heteroatoms. The van der Waals surface area contributed by atoms with Crippen LogP contribution < -0.4 is 5.73 Å². The average Bonchev–Trinajstić information content (AvgIpc) is 2.26. The fraction of sp³-hybridized carbons (Fsp3) is 0.571. The fourth-order valence-corrected chi connectivity index (χ4v) is 2.82. The predicted octanol–water partition coefficient (Wildman–Crippen LogP) is 3.88. The lowest BCUT2D eigenvalue weighted by molar-refractivity contribution is 0.306. The minimum atomic E-state index is 0.301. The zero-order valence-electron chi connectivity index (χ0n) is 10.0. The highest BCUT2D eigenvalue weighted by Crippen LogP contribution is 2.36. The summed E-state index contributed by atoms with van der Waals surface area (Å²) < 4.78 is 0. The van der Waals surface area contributed by atoms with Gasteiger partial charge in [-0.3, -0.25) is 0 Å². The van der Waals surface area contributed by atoms with Gasteiger partial charge < -0.3 is 5.73 Å². The summed E-state index contributed by atoms with van der Waals surface area (Å²) >= 11 is 6.18. The van der Waals surface area contributed by atoms with Crippen molar-refractivity contribution in [1.29, 1.82) is 0 Å². The monoisotopic (exact) mass is 237 g/mol. The number of aryl methyl sites for hydroxylation is 1. The summed E-state index contributed by atoms with van der Waals surface area (Å²) in [5.41, 5.74) is 8.67. The third-order valence-corrected chi connectivity index (χ3v) is 4.20. The lowest BCUT2D eigenvalue weighted by Crippen LogP contribution is -2.33. The molecule has 1 aliphatic carbocycles. The van der Waals surface area contributed by atoms with Gasteiger partial charge in [-0.05, 0) is 55.2 Å². The summed E-state index contributed by atoms with van der Waals surface area (Å²) in [7, 11) is 0. The first-order chi connectivity index (χ1) is 7.58. The Balaban J connectivity index is 2.24. The van der Waals surface area contributed by atoms with Gasteiger partial charge in [0.1, 0.15) is 0 Å². The van der Waals surface area contributed by atoms with Crippen LogP contribution in [0.15, 0.2) is 18.2 Å². The van der Waals surface area contributed by atoms with Crippen LogP contribution in [-0.2, 0) is 0 Å². The molecule has 1 fully saturated rings. The maximum Gasteiger partial charge on any atom is 0.0438 e. The molecule has 0 aliphatic heterocycles. The number of nitrogens with two attached hydrogens (primary N) is 1. The lowest BCUT2D eigenvalue weighted by Gasteiger charge is -2.33. The molecule has 1 aromatic carbocycles. The first kappa shape index (κ1) is 11.9. The molecular weight excluding hydrogens is 218 g/mol. The number of hydrogen-bond donors (Lipinski definition) is 1. The fourth-order valence-electron chi connectivity index (χ4n) is 2.63. The van der Waals surface area contributed by atoms with Crippen LogP contribution >= 0.6 is 11.6 Å². The van der Waals surface area contributed by atoms with E-state index >= 15 is 0 Å². The summed E-state index contributed by atoms with van der Waals surface area (Å²) in [5, 5.41) is 0.864. The van der Waals surface area contributed by atoms with Crippen molar-refractivity contribution < 1.29 is 0 Å². The largest absolute Gasteiger partial charge is 0.327 e. The molecule has 1 aliphatic rings. The van der Waals surface area contributed by atoms with Crippen molar-refractivity contribution in [2.45, 2.75) is 45.1 Å².